The van der Waals surface area contributed by atoms with Crippen LogP contribution in [0.4, 0.5) is 18.9 Å². The zero-order valence-electron chi connectivity index (χ0n) is 16.1. The molecule has 0 atom stereocenters. The number of aromatic nitrogens is 2. The number of carbonyl (C=O) groups excluding carboxylic acids is 2. The molecule has 4 rings (SSSR count). The Kier molecular flexibility index (Phi) is 5.99. The Morgan fingerprint density at radius 2 is 1.58 bits per heavy atom. The van der Waals surface area contributed by atoms with E-state index in [0.29, 0.717) is 30.9 Å². The zero-order chi connectivity index (χ0) is 22.0. The van der Waals surface area contributed by atoms with E-state index >= 15 is 0 Å². The minimum Gasteiger partial charge on any atom is -0.338 e. The van der Waals surface area contributed by atoms with Crippen LogP contribution in [0.3, 0.4) is 0 Å². The molecule has 0 unspecified atom stereocenters. The van der Waals surface area contributed by atoms with Crippen molar-refractivity contribution < 1.29 is 22.8 Å². The molecular weight excluding hydrogens is 429 g/mol. The molecule has 2 amide bonds. The molecule has 1 aliphatic heterocycles. The highest BCUT2D eigenvalue weighted by Crippen LogP contribution is 2.31. The van der Waals surface area contributed by atoms with Gasteiger partial charge in [-0.25, -0.2) is 13.2 Å². The molecule has 0 spiro atoms. The quantitative estimate of drug-likeness (QED) is 0.651. The molecule has 0 bridgehead atoms. The van der Waals surface area contributed by atoms with Crippen LogP contribution in [-0.2, 0) is 0 Å². The fraction of sp³-hybridized carbons (Fsp3) is 0.238. The Bertz CT molecular complexity index is 1110. The minimum absolute atomic E-state index is 0.0398. The molecule has 1 aliphatic rings. The van der Waals surface area contributed by atoms with E-state index in [2.05, 4.69) is 15.5 Å². The first-order chi connectivity index (χ1) is 14.9. The third kappa shape index (κ3) is 4.43. The number of anilines is 1. The first-order valence-electron chi connectivity index (χ1n) is 9.56. The molecule has 1 aromatic heterocycles. The number of nitrogens with one attached hydrogen (secondary N) is 1. The number of hydrogen-bond acceptors (Lipinski definition) is 5. The maximum Gasteiger partial charge on any atom is 0.286 e. The van der Waals surface area contributed by atoms with Gasteiger partial charge in [-0.15, -0.1) is 10.2 Å². The number of carbonyl (C=O) groups is 2. The van der Waals surface area contributed by atoms with E-state index in [1.807, 2.05) is 0 Å². The second-order valence-corrected chi connectivity index (χ2v) is 8.05. The average Bonchev–Trinajstić information content (AvgIpc) is 3.26. The molecule has 0 aliphatic carbocycles. The van der Waals surface area contributed by atoms with Gasteiger partial charge in [0.05, 0.1) is 5.69 Å². The summed E-state index contributed by atoms with van der Waals surface area (Å²) >= 11 is 1.10. The summed E-state index contributed by atoms with van der Waals surface area (Å²) in [5.74, 6) is -3.61. The van der Waals surface area contributed by atoms with Gasteiger partial charge in [0, 0.05) is 19.0 Å². The number of para-hydroxylation sites is 1. The van der Waals surface area contributed by atoms with E-state index < -0.39 is 34.8 Å². The lowest BCUT2D eigenvalue weighted by Crippen LogP contribution is -2.38. The lowest BCUT2D eigenvalue weighted by molar-refractivity contribution is 0.0702. The third-order valence-electron chi connectivity index (χ3n) is 5.06. The van der Waals surface area contributed by atoms with Gasteiger partial charge in [-0.2, -0.15) is 0 Å². The molecule has 3 aromatic rings. The first kappa shape index (κ1) is 21.0. The van der Waals surface area contributed by atoms with E-state index in [4.69, 9.17) is 0 Å². The summed E-state index contributed by atoms with van der Waals surface area (Å²) in [5.41, 5.74) is -0.500. The Labute approximate surface area is 179 Å². The van der Waals surface area contributed by atoms with Crippen molar-refractivity contribution >= 4 is 28.8 Å². The van der Waals surface area contributed by atoms with Crippen molar-refractivity contribution in [1.29, 1.82) is 0 Å². The predicted molar refractivity (Wildman–Crippen MR) is 108 cm³/mol. The van der Waals surface area contributed by atoms with Crippen LogP contribution in [0.5, 0.6) is 0 Å². The summed E-state index contributed by atoms with van der Waals surface area (Å²) in [6, 6.07) is 9.13. The van der Waals surface area contributed by atoms with E-state index in [9.17, 15) is 22.8 Å². The zero-order valence-corrected chi connectivity index (χ0v) is 17.0. The summed E-state index contributed by atoms with van der Waals surface area (Å²) in [4.78, 5) is 26.3. The van der Waals surface area contributed by atoms with Crippen LogP contribution in [0.15, 0.2) is 42.5 Å². The second-order valence-electron chi connectivity index (χ2n) is 7.04. The van der Waals surface area contributed by atoms with Crippen molar-refractivity contribution in [1.82, 2.24) is 15.1 Å². The molecule has 2 heterocycles. The second kappa shape index (κ2) is 8.84. The molecular formula is C21H17F3N4O2S. The van der Waals surface area contributed by atoms with Gasteiger partial charge in [0.15, 0.2) is 0 Å². The number of nitrogens with zero attached hydrogens (tertiary/aromatic N) is 3. The van der Waals surface area contributed by atoms with Crippen LogP contribution in [0.1, 0.15) is 43.9 Å². The highest BCUT2D eigenvalue weighted by Gasteiger charge is 2.30. The predicted octanol–water partition coefficient (Wildman–Crippen LogP) is 4.23. The molecule has 1 saturated heterocycles. The molecule has 6 nitrogen and oxygen atoms in total. The molecule has 1 fully saturated rings. The van der Waals surface area contributed by atoms with Crippen molar-refractivity contribution in [2.75, 3.05) is 18.4 Å². The number of rotatable bonds is 4. The van der Waals surface area contributed by atoms with Crippen LogP contribution in [-0.4, -0.2) is 40.0 Å². The smallest absolute Gasteiger partial charge is 0.286 e. The molecule has 0 radical (unpaired) electrons. The first-order valence-corrected chi connectivity index (χ1v) is 10.4. The van der Waals surface area contributed by atoms with Gasteiger partial charge in [-0.1, -0.05) is 29.5 Å². The number of hydrogen-bond donors (Lipinski definition) is 1. The standard InChI is InChI=1S/C21H17F3N4O2S/c22-13-4-1-2-7-16(13)25-18(29)20-27-26-19(31-20)12-8-10-28(11-9-12)21(30)17-14(23)5-3-6-15(17)24/h1-7,12H,8-11H2,(H,25,29). The van der Waals surface area contributed by atoms with E-state index in [0.717, 1.165) is 23.5 Å². The Morgan fingerprint density at radius 3 is 2.26 bits per heavy atom. The Hall–Kier alpha value is -3.27. The monoisotopic (exact) mass is 446 g/mol. The number of likely N-dealkylation sites (tertiary alicyclic amines) is 1. The molecule has 1 N–H and O–H groups in total. The van der Waals surface area contributed by atoms with Crippen LogP contribution in [0.25, 0.3) is 0 Å². The fourth-order valence-electron chi connectivity index (χ4n) is 3.42. The van der Waals surface area contributed by atoms with Crippen molar-refractivity contribution in [3.8, 4) is 0 Å². The lowest BCUT2D eigenvalue weighted by Gasteiger charge is -2.31. The van der Waals surface area contributed by atoms with Crippen molar-refractivity contribution in [3.63, 3.8) is 0 Å². The van der Waals surface area contributed by atoms with Gasteiger partial charge in [-0.05, 0) is 37.1 Å². The molecule has 0 saturated carbocycles. The lowest BCUT2D eigenvalue weighted by atomic mass is 9.97. The van der Waals surface area contributed by atoms with E-state index in [1.165, 1.54) is 29.2 Å². The van der Waals surface area contributed by atoms with Crippen LogP contribution >= 0.6 is 11.3 Å². The Morgan fingerprint density at radius 1 is 0.935 bits per heavy atom. The minimum atomic E-state index is -0.887. The molecule has 160 valence electrons. The van der Waals surface area contributed by atoms with Crippen molar-refractivity contribution in [2.45, 2.75) is 18.8 Å². The number of piperidine rings is 1. The summed E-state index contributed by atoms with van der Waals surface area (Å²) in [6.07, 6.45) is 1.04. The number of amides is 2. The van der Waals surface area contributed by atoms with E-state index in [1.54, 1.807) is 6.07 Å². The fourth-order valence-corrected chi connectivity index (χ4v) is 4.33. The van der Waals surface area contributed by atoms with Crippen molar-refractivity contribution in [2.24, 2.45) is 0 Å². The number of benzene rings is 2. The van der Waals surface area contributed by atoms with Gasteiger partial charge in [0.2, 0.25) is 5.01 Å². The topological polar surface area (TPSA) is 75.2 Å². The summed E-state index contributed by atoms with van der Waals surface area (Å²) in [5, 5.41) is 11.2. The number of halogens is 3. The van der Waals surface area contributed by atoms with Gasteiger partial charge in [0.25, 0.3) is 11.8 Å². The van der Waals surface area contributed by atoms with Gasteiger partial charge in [0.1, 0.15) is 28.0 Å². The molecule has 10 heteroatoms. The van der Waals surface area contributed by atoms with Crippen LogP contribution < -0.4 is 5.32 Å². The van der Waals surface area contributed by atoms with Gasteiger partial charge >= 0.3 is 0 Å². The summed E-state index contributed by atoms with van der Waals surface area (Å²) in [7, 11) is 0. The molecule has 2 aromatic carbocycles. The summed E-state index contributed by atoms with van der Waals surface area (Å²) in [6.45, 7) is 0.598. The van der Waals surface area contributed by atoms with Crippen molar-refractivity contribution in [3.05, 3.63) is 75.5 Å². The SMILES string of the molecule is O=C(Nc1ccccc1F)c1nnc(C2CCN(C(=O)c3c(F)cccc3F)CC2)s1. The maximum atomic E-state index is 13.9. The van der Waals surface area contributed by atoms with E-state index in [-0.39, 0.29) is 16.6 Å². The van der Waals surface area contributed by atoms with Crippen LogP contribution in [0.2, 0.25) is 0 Å². The van der Waals surface area contributed by atoms with Crippen LogP contribution in [0, 0.1) is 17.5 Å². The average molecular weight is 446 g/mol. The maximum absolute atomic E-state index is 13.9. The highest BCUT2D eigenvalue weighted by atomic mass is 32.1. The largest absolute Gasteiger partial charge is 0.338 e. The third-order valence-corrected chi connectivity index (χ3v) is 6.15. The Balaban J connectivity index is 1.39. The normalized spacial score (nSPS) is 14.5. The molecule has 31 heavy (non-hydrogen) atoms. The van der Waals surface area contributed by atoms with Gasteiger partial charge < -0.3 is 10.2 Å². The summed E-state index contributed by atoms with van der Waals surface area (Å²) < 4.78 is 41.5. The highest BCUT2D eigenvalue weighted by molar-refractivity contribution is 7.13. The van der Waals surface area contributed by atoms with Gasteiger partial charge in [-0.3, -0.25) is 9.59 Å².